The van der Waals surface area contributed by atoms with Gasteiger partial charge >= 0.3 is 0 Å². The van der Waals surface area contributed by atoms with Crippen LogP contribution in [0.25, 0.3) is 10.9 Å². The molecule has 1 heterocycles. The van der Waals surface area contributed by atoms with Crippen molar-refractivity contribution in [2.24, 2.45) is 0 Å². The number of aromatic nitrogens is 1. The molecule has 0 radical (unpaired) electrons. The lowest BCUT2D eigenvalue weighted by Crippen LogP contribution is -2.13. The molecule has 0 saturated carbocycles. The van der Waals surface area contributed by atoms with Crippen molar-refractivity contribution < 1.29 is 0 Å². The van der Waals surface area contributed by atoms with Crippen molar-refractivity contribution in [2.75, 3.05) is 20.6 Å². The first-order valence-corrected chi connectivity index (χ1v) is 8.89. The molecule has 3 aromatic rings. The summed E-state index contributed by atoms with van der Waals surface area (Å²) in [4.78, 5) is 2.25. The maximum atomic E-state index is 3.50. The minimum atomic E-state index is 0.918. The van der Waals surface area contributed by atoms with Crippen LogP contribution in [-0.4, -0.2) is 30.1 Å². The van der Waals surface area contributed by atoms with Gasteiger partial charge in [-0.3, -0.25) is 0 Å². The number of hydrogen-bond acceptors (Lipinski definition) is 1. The van der Waals surface area contributed by atoms with E-state index in [9.17, 15) is 0 Å². The van der Waals surface area contributed by atoms with Crippen LogP contribution in [-0.2, 0) is 13.0 Å². The van der Waals surface area contributed by atoms with Gasteiger partial charge < -0.3 is 9.47 Å². The third-order valence-electron chi connectivity index (χ3n) is 4.19. The number of benzene rings is 2. The van der Waals surface area contributed by atoms with Gasteiger partial charge in [0.15, 0.2) is 0 Å². The SMILES string of the molecule is CN(C)CCCc1cn(Cc2ccc(Br)cc2)c2ccccc12. The molecule has 2 nitrogen and oxygen atoms in total. The molecule has 0 N–H and O–H groups in total. The summed E-state index contributed by atoms with van der Waals surface area (Å²) < 4.78 is 3.51. The predicted octanol–water partition coefficient (Wildman–Crippen LogP) is 4.95. The van der Waals surface area contributed by atoms with E-state index in [-0.39, 0.29) is 0 Å². The molecule has 0 fully saturated rings. The average Bonchev–Trinajstić information content (AvgIpc) is 2.88. The Morgan fingerprint density at radius 2 is 1.74 bits per heavy atom. The van der Waals surface area contributed by atoms with Gasteiger partial charge in [0.1, 0.15) is 0 Å². The Balaban J connectivity index is 1.86. The maximum Gasteiger partial charge on any atom is 0.0486 e. The minimum Gasteiger partial charge on any atom is -0.343 e. The van der Waals surface area contributed by atoms with Gasteiger partial charge in [0, 0.05) is 28.1 Å². The van der Waals surface area contributed by atoms with Gasteiger partial charge in [-0.15, -0.1) is 0 Å². The normalized spacial score (nSPS) is 11.5. The van der Waals surface area contributed by atoms with Crippen LogP contribution >= 0.6 is 15.9 Å². The molecule has 0 atom stereocenters. The van der Waals surface area contributed by atoms with E-state index < -0.39 is 0 Å². The molecule has 0 unspecified atom stereocenters. The van der Waals surface area contributed by atoms with Gasteiger partial charge in [0.05, 0.1) is 0 Å². The number of halogens is 1. The summed E-state index contributed by atoms with van der Waals surface area (Å²) in [6.07, 6.45) is 4.66. The number of aryl methyl sites for hydroxylation is 1. The van der Waals surface area contributed by atoms with Crippen LogP contribution < -0.4 is 0 Å². The van der Waals surface area contributed by atoms with Gasteiger partial charge in [0.2, 0.25) is 0 Å². The number of para-hydroxylation sites is 1. The van der Waals surface area contributed by atoms with Crippen LogP contribution in [0.4, 0.5) is 0 Å². The summed E-state index contributed by atoms with van der Waals surface area (Å²) >= 11 is 3.50. The standard InChI is InChI=1S/C20H23BrN2/c1-22(2)13-5-6-17-15-23(20-8-4-3-7-19(17)20)14-16-9-11-18(21)12-10-16/h3-4,7-12,15H,5-6,13-14H2,1-2H3. The minimum absolute atomic E-state index is 0.918. The number of nitrogens with zero attached hydrogens (tertiary/aromatic N) is 2. The zero-order chi connectivity index (χ0) is 16.2. The molecule has 0 saturated heterocycles. The first-order valence-electron chi connectivity index (χ1n) is 8.09. The maximum absolute atomic E-state index is 3.50. The second-order valence-electron chi connectivity index (χ2n) is 6.33. The van der Waals surface area contributed by atoms with Crippen molar-refractivity contribution in [1.29, 1.82) is 0 Å². The predicted molar refractivity (Wildman–Crippen MR) is 102 cm³/mol. The molecular formula is C20H23BrN2. The molecule has 23 heavy (non-hydrogen) atoms. The zero-order valence-electron chi connectivity index (χ0n) is 13.8. The largest absolute Gasteiger partial charge is 0.343 e. The first kappa shape index (κ1) is 16.3. The molecule has 1 aromatic heterocycles. The van der Waals surface area contributed by atoms with E-state index in [0.717, 1.165) is 24.0 Å². The molecule has 0 aliphatic carbocycles. The van der Waals surface area contributed by atoms with E-state index in [1.165, 1.54) is 28.5 Å². The van der Waals surface area contributed by atoms with E-state index in [2.05, 4.69) is 94.2 Å². The molecule has 3 heteroatoms. The lowest BCUT2D eigenvalue weighted by Gasteiger charge is -2.08. The fourth-order valence-corrected chi connectivity index (χ4v) is 3.29. The smallest absolute Gasteiger partial charge is 0.0486 e. The van der Waals surface area contributed by atoms with Gasteiger partial charge in [-0.1, -0.05) is 46.3 Å². The molecule has 3 rings (SSSR count). The van der Waals surface area contributed by atoms with Crippen molar-refractivity contribution in [3.8, 4) is 0 Å². The molecule has 0 aliphatic heterocycles. The van der Waals surface area contributed by atoms with Crippen LogP contribution in [0.1, 0.15) is 17.5 Å². The second kappa shape index (κ2) is 7.33. The molecule has 0 bridgehead atoms. The van der Waals surface area contributed by atoms with Crippen molar-refractivity contribution >= 4 is 26.8 Å². The zero-order valence-corrected chi connectivity index (χ0v) is 15.4. The van der Waals surface area contributed by atoms with Crippen molar-refractivity contribution in [3.05, 3.63) is 70.3 Å². The van der Waals surface area contributed by atoms with E-state index in [1.807, 2.05) is 0 Å². The topological polar surface area (TPSA) is 8.17 Å². The van der Waals surface area contributed by atoms with Crippen LogP contribution in [0.3, 0.4) is 0 Å². The third-order valence-corrected chi connectivity index (χ3v) is 4.72. The Bertz CT molecular complexity index is 772. The summed E-state index contributed by atoms with van der Waals surface area (Å²) in [7, 11) is 4.27. The van der Waals surface area contributed by atoms with Crippen molar-refractivity contribution in [1.82, 2.24) is 9.47 Å². The van der Waals surface area contributed by atoms with Crippen LogP contribution in [0.15, 0.2) is 59.2 Å². The Hall–Kier alpha value is -1.58. The lowest BCUT2D eigenvalue weighted by molar-refractivity contribution is 0.400. The molecular weight excluding hydrogens is 348 g/mol. The van der Waals surface area contributed by atoms with E-state index in [4.69, 9.17) is 0 Å². The second-order valence-corrected chi connectivity index (χ2v) is 7.25. The Morgan fingerprint density at radius 3 is 2.48 bits per heavy atom. The summed E-state index contributed by atoms with van der Waals surface area (Å²) in [6, 6.07) is 17.3. The van der Waals surface area contributed by atoms with E-state index >= 15 is 0 Å². The number of hydrogen-bond donors (Lipinski definition) is 0. The molecule has 0 spiro atoms. The lowest BCUT2D eigenvalue weighted by atomic mass is 10.1. The molecule has 0 aliphatic rings. The fraction of sp³-hybridized carbons (Fsp3) is 0.300. The number of fused-ring (bicyclic) bond motifs is 1. The summed E-state index contributed by atoms with van der Waals surface area (Å²) in [5.74, 6) is 0. The quantitative estimate of drug-likeness (QED) is 0.596. The van der Waals surface area contributed by atoms with Gasteiger partial charge in [-0.05, 0) is 62.8 Å². The van der Waals surface area contributed by atoms with E-state index in [1.54, 1.807) is 0 Å². The first-order chi connectivity index (χ1) is 11.1. The monoisotopic (exact) mass is 370 g/mol. The summed E-state index contributed by atoms with van der Waals surface area (Å²) in [6.45, 7) is 2.05. The highest BCUT2D eigenvalue weighted by Crippen LogP contribution is 2.24. The molecule has 0 amide bonds. The molecule has 2 aromatic carbocycles. The molecule has 120 valence electrons. The van der Waals surface area contributed by atoms with Crippen LogP contribution in [0.5, 0.6) is 0 Å². The van der Waals surface area contributed by atoms with Crippen LogP contribution in [0.2, 0.25) is 0 Å². The fourth-order valence-electron chi connectivity index (χ4n) is 3.03. The summed E-state index contributed by atoms with van der Waals surface area (Å²) in [5, 5.41) is 1.39. The number of rotatable bonds is 6. The highest BCUT2D eigenvalue weighted by Gasteiger charge is 2.08. The van der Waals surface area contributed by atoms with Crippen molar-refractivity contribution in [3.63, 3.8) is 0 Å². The van der Waals surface area contributed by atoms with Gasteiger partial charge in [0.25, 0.3) is 0 Å². The Kier molecular flexibility index (Phi) is 5.19. The van der Waals surface area contributed by atoms with Gasteiger partial charge in [-0.25, -0.2) is 0 Å². The Labute approximate surface area is 146 Å². The third kappa shape index (κ3) is 4.04. The highest BCUT2D eigenvalue weighted by atomic mass is 79.9. The Morgan fingerprint density at radius 1 is 1.00 bits per heavy atom. The van der Waals surface area contributed by atoms with Crippen LogP contribution in [0, 0.1) is 0 Å². The van der Waals surface area contributed by atoms with E-state index in [0.29, 0.717) is 0 Å². The van der Waals surface area contributed by atoms with Crippen molar-refractivity contribution in [2.45, 2.75) is 19.4 Å². The average molecular weight is 371 g/mol. The summed E-state index contributed by atoms with van der Waals surface area (Å²) in [5.41, 5.74) is 4.11. The highest BCUT2D eigenvalue weighted by molar-refractivity contribution is 9.10. The van der Waals surface area contributed by atoms with Gasteiger partial charge in [-0.2, -0.15) is 0 Å².